The van der Waals surface area contributed by atoms with E-state index in [1.54, 1.807) is 12.1 Å². The standard InChI is InChI=1S/C16H15FN4O2S2/c1-9-14(25-10(2)18-9)15-20-21-16(23-15)19-13(22)7-8-24-12-5-3-11(17)4-6-12/h3-6H,7-8H2,1-2H3,(H,19,21,22). The van der Waals surface area contributed by atoms with Crippen LogP contribution < -0.4 is 5.32 Å². The van der Waals surface area contributed by atoms with Crippen molar-refractivity contribution in [2.24, 2.45) is 0 Å². The molecule has 0 saturated carbocycles. The van der Waals surface area contributed by atoms with Crippen molar-refractivity contribution < 1.29 is 13.6 Å². The minimum Gasteiger partial charge on any atom is -0.402 e. The Bertz CT molecular complexity index is 877. The molecule has 2 aromatic heterocycles. The molecule has 0 aliphatic rings. The van der Waals surface area contributed by atoms with Crippen molar-refractivity contribution in [3.8, 4) is 10.8 Å². The lowest BCUT2D eigenvalue weighted by atomic mass is 10.4. The number of thioether (sulfide) groups is 1. The zero-order chi connectivity index (χ0) is 17.8. The number of carbonyl (C=O) groups excluding carboxylic acids is 1. The van der Waals surface area contributed by atoms with Gasteiger partial charge in [0.1, 0.15) is 10.7 Å². The summed E-state index contributed by atoms with van der Waals surface area (Å²) < 4.78 is 18.3. The largest absolute Gasteiger partial charge is 0.402 e. The summed E-state index contributed by atoms with van der Waals surface area (Å²) in [4.78, 5) is 18.0. The van der Waals surface area contributed by atoms with Gasteiger partial charge in [-0.25, -0.2) is 9.37 Å². The van der Waals surface area contributed by atoms with Crippen molar-refractivity contribution in [3.05, 3.63) is 40.8 Å². The van der Waals surface area contributed by atoms with Crippen molar-refractivity contribution >= 4 is 35.0 Å². The topological polar surface area (TPSA) is 80.9 Å². The maximum Gasteiger partial charge on any atom is 0.322 e. The summed E-state index contributed by atoms with van der Waals surface area (Å²) >= 11 is 2.94. The van der Waals surface area contributed by atoms with E-state index < -0.39 is 0 Å². The zero-order valence-electron chi connectivity index (χ0n) is 13.6. The molecule has 0 aliphatic carbocycles. The SMILES string of the molecule is Cc1nc(C)c(-c2nnc(NC(=O)CCSc3ccc(F)cc3)o2)s1. The van der Waals surface area contributed by atoms with Gasteiger partial charge in [-0.3, -0.25) is 10.1 Å². The summed E-state index contributed by atoms with van der Waals surface area (Å²) in [7, 11) is 0. The van der Waals surface area contributed by atoms with Crippen LogP contribution in [0.15, 0.2) is 33.6 Å². The maximum atomic E-state index is 12.8. The second-order valence-electron chi connectivity index (χ2n) is 5.16. The molecule has 0 radical (unpaired) electrons. The quantitative estimate of drug-likeness (QED) is 0.651. The van der Waals surface area contributed by atoms with Gasteiger partial charge in [0.15, 0.2) is 0 Å². The average Bonchev–Trinajstić information content (AvgIpc) is 3.15. The van der Waals surface area contributed by atoms with Crippen LogP contribution in [0.1, 0.15) is 17.1 Å². The van der Waals surface area contributed by atoms with Gasteiger partial charge in [0.2, 0.25) is 5.91 Å². The highest BCUT2D eigenvalue weighted by atomic mass is 32.2. The molecule has 0 unspecified atom stereocenters. The maximum absolute atomic E-state index is 12.8. The van der Waals surface area contributed by atoms with Crippen LogP contribution in [0.25, 0.3) is 10.8 Å². The molecular weight excluding hydrogens is 363 g/mol. The summed E-state index contributed by atoms with van der Waals surface area (Å²) in [5, 5.41) is 11.3. The van der Waals surface area contributed by atoms with E-state index >= 15 is 0 Å². The molecule has 1 amide bonds. The summed E-state index contributed by atoms with van der Waals surface area (Å²) in [5.74, 6) is 0.410. The van der Waals surface area contributed by atoms with Crippen LogP contribution in [0.5, 0.6) is 0 Å². The Morgan fingerprint density at radius 2 is 2.04 bits per heavy atom. The molecule has 25 heavy (non-hydrogen) atoms. The molecule has 0 atom stereocenters. The van der Waals surface area contributed by atoms with E-state index in [1.807, 2.05) is 13.8 Å². The fraction of sp³-hybridized carbons (Fsp3) is 0.250. The van der Waals surface area contributed by atoms with Gasteiger partial charge >= 0.3 is 6.01 Å². The molecule has 3 rings (SSSR count). The Morgan fingerprint density at radius 1 is 1.28 bits per heavy atom. The van der Waals surface area contributed by atoms with Gasteiger partial charge in [-0.2, -0.15) is 0 Å². The van der Waals surface area contributed by atoms with E-state index in [2.05, 4.69) is 20.5 Å². The number of aromatic nitrogens is 3. The number of hydrogen-bond acceptors (Lipinski definition) is 7. The highest BCUT2D eigenvalue weighted by Crippen LogP contribution is 2.29. The molecule has 130 valence electrons. The number of amides is 1. The molecule has 9 heteroatoms. The van der Waals surface area contributed by atoms with Crippen molar-refractivity contribution in [2.75, 3.05) is 11.1 Å². The second-order valence-corrected chi connectivity index (χ2v) is 7.53. The number of benzene rings is 1. The van der Waals surface area contributed by atoms with E-state index in [9.17, 15) is 9.18 Å². The number of rotatable bonds is 6. The Balaban J connectivity index is 1.51. The highest BCUT2D eigenvalue weighted by molar-refractivity contribution is 7.99. The summed E-state index contributed by atoms with van der Waals surface area (Å²) in [6.45, 7) is 3.77. The molecule has 0 fully saturated rings. The van der Waals surface area contributed by atoms with Gasteiger partial charge in [0.25, 0.3) is 5.89 Å². The number of anilines is 1. The molecule has 0 saturated heterocycles. The van der Waals surface area contributed by atoms with Gasteiger partial charge in [0.05, 0.1) is 10.7 Å². The van der Waals surface area contributed by atoms with Crippen LogP contribution in [0.3, 0.4) is 0 Å². The second kappa shape index (κ2) is 7.75. The van der Waals surface area contributed by atoms with E-state index in [0.29, 0.717) is 11.6 Å². The first kappa shape index (κ1) is 17.6. The fourth-order valence-corrected chi connectivity index (χ4v) is 3.76. The fourth-order valence-electron chi connectivity index (χ4n) is 2.07. The van der Waals surface area contributed by atoms with Crippen LogP contribution in [0.2, 0.25) is 0 Å². The number of carbonyl (C=O) groups is 1. The minimum absolute atomic E-state index is 0.0669. The third kappa shape index (κ3) is 4.64. The lowest BCUT2D eigenvalue weighted by molar-refractivity contribution is -0.115. The third-order valence-corrected chi connectivity index (χ3v) is 5.26. The lowest BCUT2D eigenvalue weighted by Gasteiger charge is -2.01. The van der Waals surface area contributed by atoms with Crippen molar-refractivity contribution in [2.45, 2.75) is 25.2 Å². The number of hydrogen-bond donors (Lipinski definition) is 1. The van der Waals surface area contributed by atoms with E-state index in [1.165, 1.54) is 35.2 Å². The van der Waals surface area contributed by atoms with Gasteiger partial charge in [-0.1, -0.05) is 5.10 Å². The van der Waals surface area contributed by atoms with E-state index in [0.717, 1.165) is 20.5 Å². The Morgan fingerprint density at radius 3 is 2.72 bits per heavy atom. The van der Waals surface area contributed by atoms with Crippen LogP contribution in [-0.4, -0.2) is 26.8 Å². The van der Waals surface area contributed by atoms with Gasteiger partial charge < -0.3 is 4.42 Å². The van der Waals surface area contributed by atoms with E-state index in [4.69, 9.17) is 4.42 Å². The Hall–Kier alpha value is -2.26. The van der Waals surface area contributed by atoms with Gasteiger partial charge in [0, 0.05) is 17.1 Å². The third-order valence-electron chi connectivity index (χ3n) is 3.18. The van der Waals surface area contributed by atoms with Crippen LogP contribution in [0, 0.1) is 19.7 Å². The molecular formula is C16H15FN4O2S2. The zero-order valence-corrected chi connectivity index (χ0v) is 15.2. The minimum atomic E-state index is -0.277. The summed E-state index contributed by atoms with van der Waals surface area (Å²) in [5.41, 5.74) is 0.819. The number of nitrogens with one attached hydrogen (secondary N) is 1. The summed E-state index contributed by atoms with van der Waals surface area (Å²) in [6.07, 6.45) is 0.276. The molecule has 6 nitrogen and oxygen atoms in total. The van der Waals surface area contributed by atoms with Gasteiger partial charge in [-0.05, 0) is 38.1 Å². The van der Waals surface area contributed by atoms with Gasteiger partial charge in [-0.15, -0.1) is 28.2 Å². The molecule has 3 aromatic rings. The predicted molar refractivity (Wildman–Crippen MR) is 95.3 cm³/mol. The first-order chi connectivity index (χ1) is 12.0. The average molecular weight is 378 g/mol. The molecule has 1 N–H and O–H groups in total. The predicted octanol–water partition coefficient (Wildman–Crippen LogP) is 4.07. The number of halogens is 1. The normalized spacial score (nSPS) is 10.8. The number of nitrogens with zero attached hydrogens (tertiary/aromatic N) is 3. The molecule has 2 heterocycles. The first-order valence-corrected chi connectivity index (χ1v) is 9.27. The Kier molecular flexibility index (Phi) is 5.44. The molecule has 0 aliphatic heterocycles. The Labute approximate surface area is 151 Å². The lowest BCUT2D eigenvalue weighted by Crippen LogP contribution is -2.12. The van der Waals surface area contributed by atoms with Crippen LogP contribution >= 0.6 is 23.1 Å². The van der Waals surface area contributed by atoms with Crippen molar-refractivity contribution in [1.82, 2.24) is 15.2 Å². The monoisotopic (exact) mass is 378 g/mol. The number of thiazole rings is 1. The number of aryl methyl sites for hydroxylation is 2. The van der Waals surface area contributed by atoms with Crippen molar-refractivity contribution in [3.63, 3.8) is 0 Å². The van der Waals surface area contributed by atoms with Crippen LogP contribution in [0.4, 0.5) is 10.4 Å². The molecule has 1 aromatic carbocycles. The molecule has 0 spiro atoms. The highest BCUT2D eigenvalue weighted by Gasteiger charge is 2.16. The van der Waals surface area contributed by atoms with Crippen molar-refractivity contribution in [1.29, 1.82) is 0 Å². The summed E-state index contributed by atoms with van der Waals surface area (Å²) in [6, 6.07) is 6.22. The van der Waals surface area contributed by atoms with Crippen LogP contribution in [-0.2, 0) is 4.79 Å². The first-order valence-electron chi connectivity index (χ1n) is 7.47. The van der Waals surface area contributed by atoms with E-state index in [-0.39, 0.29) is 24.2 Å². The molecule has 0 bridgehead atoms. The smallest absolute Gasteiger partial charge is 0.322 e.